The van der Waals surface area contributed by atoms with Crippen molar-refractivity contribution in [3.05, 3.63) is 24.5 Å². The summed E-state index contributed by atoms with van der Waals surface area (Å²) >= 11 is 0. The third-order valence-corrected chi connectivity index (χ3v) is 1.93. The molecule has 0 radical (unpaired) electrons. The van der Waals surface area contributed by atoms with Crippen LogP contribution in [0.4, 0.5) is 0 Å². The first-order valence-electron chi connectivity index (χ1n) is 5.11. The molecule has 0 fully saturated rings. The molecule has 0 aliphatic heterocycles. The number of hydrogen-bond donors (Lipinski definition) is 1. The fraction of sp³-hybridized carbons (Fsp3) is 0.455. The fourth-order valence-electron chi connectivity index (χ4n) is 1.20. The van der Waals surface area contributed by atoms with E-state index in [1.165, 1.54) is 0 Å². The van der Waals surface area contributed by atoms with Gasteiger partial charge in [-0.05, 0) is 19.1 Å². The summed E-state index contributed by atoms with van der Waals surface area (Å²) in [6.07, 6.45) is 2.74. The zero-order valence-electron chi connectivity index (χ0n) is 9.13. The highest BCUT2D eigenvalue weighted by Gasteiger charge is 2.16. The molecule has 88 valence electrons. The highest BCUT2D eigenvalue weighted by molar-refractivity contribution is 5.72. The van der Waals surface area contributed by atoms with E-state index in [1.54, 1.807) is 31.5 Å². The second kappa shape index (κ2) is 6.79. The first-order chi connectivity index (χ1) is 7.74. The monoisotopic (exact) mass is 225 g/mol. The Bertz CT molecular complexity index is 315. The molecule has 1 rings (SSSR count). The molecule has 0 aliphatic carbocycles. The predicted octanol–water partition coefficient (Wildman–Crippen LogP) is 1.34. The van der Waals surface area contributed by atoms with Crippen LogP contribution in [-0.2, 0) is 9.53 Å². The maximum Gasteiger partial charge on any atom is 0.332 e. The van der Waals surface area contributed by atoms with Crippen molar-refractivity contribution in [2.24, 2.45) is 0 Å². The Morgan fingerprint density at radius 1 is 1.62 bits per heavy atom. The largest absolute Gasteiger partial charge is 0.492 e. The molecule has 0 spiro atoms. The van der Waals surface area contributed by atoms with Gasteiger partial charge in [0.2, 0.25) is 0 Å². The normalized spacial score (nSPS) is 12.1. The van der Waals surface area contributed by atoms with Crippen molar-refractivity contribution >= 4 is 5.97 Å². The van der Waals surface area contributed by atoms with E-state index < -0.39 is 12.1 Å². The number of aromatic nitrogens is 1. The molecule has 0 saturated heterocycles. The van der Waals surface area contributed by atoms with Gasteiger partial charge >= 0.3 is 5.97 Å². The number of carboxylic acid groups (broad SMARTS) is 1. The zero-order chi connectivity index (χ0) is 11.8. The van der Waals surface area contributed by atoms with Gasteiger partial charge in [-0.15, -0.1) is 0 Å². The quantitative estimate of drug-likeness (QED) is 0.758. The molecule has 1 aromatic heterocycles. The van der Waals surface area contributed by atoms with Crippen molar-refractivity contribution in [3.8, 4) is 5.75 Å². The second-order valence-corrected chi connectivity index (χ2v) is 3.11. The van der Waals surface area contributed by atoms with E-state index in [9.17, 15) is 4.79 Å². The van der Waals surface area contributed by atoms with Gasteiger partial charge in [0.05, 0.1) is 12.8 Å². The lowest BCUT2D eigenvalue weighted by molar-refractivity contribution is -0.150. The third kappa shape index (κ3) is 4.27. The van der Waals surface area contributed by atoms with Crippen LogP contribution in [0.15, 0.2) is 24.5 Å². The van der Waals surface area contributed by atoms with Gasteiger partial charge in [-0.3, -0.25) is 4.98 Å². The molecular weight excluding hydrogens is 210 g/mol. The van der Waals surface area contributed by atoms with Gasteiger partial charge in [-0.1, -0.05) is 0 Å². The topological polar surface area (TPSA) is 68.7 Å². The number of ether oxygens (including phenoxy) is 2. The summed E-state index contributed by atoms with van der Waals surface area (Å²) in [6.45, 7) is 2.43. The Balaban J connectivity index is 2.31. The minimum absolute atomic E-state index is 0.294. The number of hydrogen-bond acceptors (Lipinski definition) is 4. The van der Waals surface area contributed by atoms with Crippen LogP contribution in [0, 0.1) is 0 Å². The van der Waals surface area contributed by atoms with E-state index in [0.29, 0.717) is 25.4 Å². The van der Waals surface area contributed by atoms with E-state index in [1.807, 2.05) is 0 Å². The summed E-state index contributed by atoms with van der Waals surface area (Å²) in [5.41, 5.74) is 0. The van der Waals surface area contributed by atoms with Crippen molar-refractivity contribution < 1.29 is 19.4 Å². The van der Waals surface area contributed by atoms with Gasteiger partial charge in [0, 0.05) is 19.2 Å². The van der Waals surface area contributed by atoms with Crippen LogP contribution in [0.5, 0.6) is 5.75 Å². The Morgan fingerprint density at radius 2 is 2.44 bits per heavy atom. The summed E-state index contributed by atoms with van der Waals surface area (Å²) in [7, 11) is 0. The van der Waals surface area contributed by atoms with Crippen LogP contribution < -0.4 is 4.74 Å². The van der Waals surface area contributed by atoms with Crippen LogP contribution in [0.3, 0.4) is 0 Å². The van der Waals surface area contributed by atoms with E-state index in [2.05, 4.69) is 4.98 Å². The average Bonchev–Trinajstić information content (AvgIpc) is 2.29. The van der Waals surface area contributed by atoms with E-state index in [4.69, 9.17) is 14.6 Å². The molecule has 5 heteroatoms. The highest BCUT2D eigenvalue weighted by Crippen LogP contribution is 2.08. The summed E-state index contributed by atoms with van der Waals surface area (Å²) in [6, 6.07) is 3.52. The van der Waals surface area contributed by atoms with E-state index in [-0.39, 0.29) is 0 Å². The zero-order valence-corrected chi connectivity index (χ0v) is 9.13. The van der Waals surface area contributed by atoms with Crippen LogP contribution in [-0.4, -0.2) is 35.4 Å². The maximum atomic E-state index is 10.7. The average molecular weight is 225 g/mol. The maximum absolute atomic E-state index is 10.7. The Labute approximate surface area is 94.0 Å². The van der Waals surface area contributed by atoms with Crippen molar-refractivity contribution in [2.75, 3.05) is 13.2 Å². The number of aliphatic carboxylic acids is 1. The van der Waals surface area contributed by atoms with E-state index >= 15 is 0 Å². The molecule has 0 saturated carbocycles. The summed E-state index contributed by atoms with van der Waals surface area (Å²) < 4.78 is 10.4. The molecule has 1 N–H and O–H groups in total. The van der Waals surface area contributed by atoms with Crippen LogP contribution in [0.2, 0.25) is 0 Å². The lowest BCUT2D eigenvalue weighted by Gasteiger charge is -2.12. The second-order valence-electron chi connectivity index (χ2n) is 3.11. The van der Waals surface area contributed by atoms with Gasteiger partial charge < -0.3 is 14.6 Å². The molecule has 1 heterocycles. The Hall–Kier alpha value is -1.62. The SMILES string of the molecule is CCOC(CCOc1cccnc1)C(=O)O. The summed E-state index contributed by atoms with van der Waals surface area (Å²) in [5, 5.41) is 8.81. The number of nitrogens with zero attached hydrogens (tertiary/aromatic N) is 1. The van der Waals surface area contributed by atoms with Crippen molar-refractivity contribution in [1.82, 2.24) is 4.98 Å². The highest BCUT2D eigenvalue weighted by atomic mass is 16.5. The van der Waals surface area contributed by atoms with E-state index in [0.717, 1.165) is 0 Å². The summed E-state index contributed by atoms with van der Waals surface area (Å²) in [4.78, 5) is 14.6. The lowest BCUT2D eigenvalue weighted by Crippen LogP contribution is -2.26. The lowest BCUT2D eigenvalue weighted by atomic mass is 10.2. The number of rotatable bonds is 7. The van der Waals surface area contributed by atoms with Crippen molar-refractivity contribution in [2.45, 2.75) is 19.4 Å². The van der Waals surface area contributed by atoms with Crippen LogP contribution in [0.25, 0.3) is 0 Å². The fourth-order valence-corrected chi connectivity index (χ4v) is 1.20. The molecule has 1 atom stereocenters. The van der Waals surface area contributed by atoms with Gasteiger partial charge in [-0.2, -0.15) is 0 Å². The van der Waals surface area contributed by atoms with Gasteiger partial charge in [0.15, 0.2) is 6.10 Å². The summed E-state index contributed by atoms with van der Waals surface area (Å²) in [5.74, 6) is -0.334. The molecule has 16 heavy (non-hydrogen) atoms. The van der Waals surface area contributed by atoms with Gasteiger partial charge in [0.25, 0.3) is 0 Å². The molecule has 0 aromatic carbocycles. The minimum atomic E-state index is -0.961. The third-order valence-electron chi connectivity index (χ3n) is 1.93. The van der Waals surface area contributed by atoms with Crippen molar-refractivity contribution in [1.29, 1.82) is 0 Å². The standard InChI is InChI=1S/C11H15NO4/c1-2-15-10(11(13)14)5-7-16-9-4-3-6-12-8-9/h3-4,6,8,10H,2,5,7H2,1H3,(H,13,14). The molecule has 1 aromatic rings. The number of carbonyl (C=O) groups is 1. The van der Waals surface area contributed by atoms with Gasteiger partial charge in [-0.25, -0.2) is 4.79 Å². The molecular formula is C11H15NO4. The van der Waals surface area contributed by atoms with Crippen LogP contribution >= 0.6 is 0 Å². The first kappa shape index (κ1) is 12.4. The smallest absolute Gasteiger partial charge is 0.332 e. The van der Waals surface area contributed by atoms with Gasteiger partial charge in [0.1, 0.15) is 5.75 Å². The Kier molecular flexibility index (Phi) is 5.28. The van der Waals surface area contributed by atoms with Crippen molar-refractivity contribution in [3.63, 3.8) is 0 Å². The molecule has 0 amide bonds. The van der Waals surface area contributed by atoms with Crippen LogP contribution in [0.1, 0.15) is 13.3 Å². The minimum Gasteiger partial charge on any atom is -0.492 e. The molecule has 0 aliphatic rings. The molecule has 0 bridgehead atoms. The molecule has 5 nitrogen and oxygen atoms in total. The number of pyridine rings is 1. The first-order valence-corrected chi connectivity index (χ1v) is 5.11. The number of carboxylic acids is 1. The Morgan fingerprint density at radius 3 is 3.00 bits per heavy atom. The molecule has 1 unspecified atom stereocenters. The predicted molar refractivity (Wildman–Crippen MR) is 57.4 cm³/mol.